The Balaban J connectivity index is 2.71. The van der Waals surface area contributed by atoms with Crippen molar-refractivity contribution < 1.29 is 4.74 Å². The molecule has 1 unspecified atom stereocenters. The number of nitrogens with zero attached hydrogens (tertiary/aromatic N) is 1. The highest BCUT2D eigenvalue weighted by Crippen LogP contribution is 2.27. The minimum absolute atomic E-state index is 0.690. The Bertz CT molecular complexity index is 330. The van der Waals surface area contributed by atoms with E-state index in [-0.39, 0.29) is 0 Å². The molecule has 0 aliphatic heterocycles. The topological polar surface area (TPSA) is 12.5 Å². The van der Waals surface area contributed by atoms with Crippen LogP contribution in [0.25, 0.3) is 0 Å². The first kappa shape index (κ1) is 14.4. The van der Waals surface area contributed by atoms with Crippen LogP contribution in [0.15, 0.2) is 24.3 Å². The highest BCUT2D eigenvalue weighted by molar-refractivity contribution is 9.09. The van der Waals surface area contributed by atoms with Gasteiger partial charge in [0.1, 0.15) is 5.75 Å². The van der Waals surface area contributed by atoms with E-state index in [9.17, 15) is 0 Å². The number of hydrogen-bond acceptors (Lipinski definition) is 2. The van der Waals surface area contributed by atoms with Gasteiger partial charge in [-0.2, -0.15) is 0 Å². The summed E-state index contributed by atoms with van der Waals surface area (Å²) in [7, 11) is 3.85. The Morgan fingerprint density at radius 1 is 1.35 bits per heavy atom. The molecule has 2 nitrogen and oxygen atoms in total. The van der Waals surface area contributed by atoms with Gasteiger partial charge in [-0.3, -0.25) is 0 Å². The van der Waals surface area contributed by atoms with Gasteiger partial charge in [0.2, 0.25) is 0 Å². The molecule has 1 atom stereocenters. The van der Waals surface area contributed by atoms with Crippen molar-refractivity contribution >= 4 is 21.6 Å². The summed E-state index contributed by atoms with van der Waals surface area (Å²) in [6, 6.07) is 8.17. The number of rotatable bonds is 7. The molecule has 0 fully saturated rings. The lowest BCUT2D eigenvalue weighted by Crippen LogP contribution is -2.26. The molecule has 17 heavy (non-hydrogen) atoms. The van der Waals surface area contributed by atoms with E-state index in [0.717, 1.165) is 23.3 Å². The second-order valence-electron chi connectivity index (χ2n) is 4.36. The smallest absolute Gasteiger partial charge is 0.142 e. The van der Waals surface area contributed by atoms with Gasteiger partial charge in [0.25, 0.3) is 0 Å². The van der Waals surface area contributed by atoms with Gasteiger partial charge in [-0.25, -0.2) is 0 Å². The van der Waals surface area contributed by atoms with E-state index >= 15 is 0 Å². The van der Waals surface area contributed by atoms with Crippen LogP contribution in [0.1, 0.15) is 19.8 Å². The summed E-state index contributed by atoms with van der Waals surface area (Å²) in [5.41, 5.74) is 1.16. The molecular formula is C14H22BrNO. The second-order valence-corrected chi connectivity index (χ2v) is 5.01. The summed E-state index contributed by atoms with van der Waals surface area (Å²) in [5, 5.41) is 1.06. The molecule has 0 amide bonds. The third-order valence-electron chi connectivity index (χ3n) is 2.94. The van der Waals surface area contributed by atoms with Crippen LogP contribution in [-0.2, 0) is 0 Å². The summed E-state index contributed by atoms with van der Waals surface area (Å²) in [6.07, 6.45) is 2.49. The lowest BCUT2D eigenvalue weighted by atomic mass is 10.1. The van der Waals surface area contributed by atoms with Crippen LogP contribution in [0.4, 0.5) is 5.69 Å². The van der Waals surface area contributed by atoms with Gasteiger partial charge >= 0.3 is 0 Å². The van der Waals surface area contributed by atoms with Crippen LogP contribution in [0, 0.1) is 5.92 Å². The van der Waals surface area contributed by atoms with Crippen molar-refractivity contribution in [3.8, 4) is 5.75 Å². The quantitative estimate of drug-likeness (QED) is 0.707. The predicted octanol–water partition coefficient (Wildman–Crippen LogP) is 3.94. The van der Waals surface area contributed by atoms with Crippen molar-refractivity contribution in [2.75, 3.05) is 30.9 Å². The number of para-hydroxylation sites is 2. The number of alkyl halides is 1. The number of hydrogen-bond donors (Lipinski definition) is 0. The monoisotopic (exact) mass is 299 g/mol. The first-order valence-corrected chi connectivity index (χ1v) is 7.25. The van der Waals surface area contributed by atoms with E-state index < -0.39 is 0 Å². The van der Waals surface area contributed by atoms with Crippen LogP contribution in [0.2, 0.25) is 0 Å². The van der Waals surface area contributed by atoms with Crippen LogP contribution in [-0.4, -0.2) is 26.0 Å². The maximum atomic E-state index is 5.39. The highest BCUT2D eigenvalue weighted by Gasteiger charge is 2.12. The summed E-state index contributed by atoms with van der Waals surface area (Å²) in [4.78, 5) is 2.28. The molecule has 0 aliphatic carbocycles. The van der Waals surface area contributed by atoms with Gasteiger partial charge in [-0.05, 0) is 24.5 Å². The minimum Gasteiger partial charge on any atom is -0.495 e. The van der Waals surface area contributed by atoms with Gasteiger partial charge < -0.3 is 9.64 Å². The van der Waals surface area contributed by atoms with Gasteiger partial charge in [-0.15, -0.1) is 0 Å². The van der Waals surface area contributed by atoms with E-state index in [0.29, 0.717) is 5.92 Å². The van der Waals surface area contributed by atoms with Crippen molar-refractivity contribution in [2.24, 2.45) is 5.92 Å². The molecule has 3 heteroatoms. The first-order valence-electron chi connectivity index (χ1n) is 6.13. The third-order valence-corrected chi connectivity index (χ3v) is 3.86. The fraction of sp³-hybridized carbons (Fsp3) is 0.571. The molecule has 1 aromatic carbocycles. The van der Waals surface area contributed by atoms with Gasteiger partial charge in [0, 0.05) is 18.9 Å². The maximum Gasteiger partial charge on any atom is 0.142 e. The van der Waals surface area contributed by atoms with E-state index in [1.807, 2.05) is 12.1 Å². The van der Waals surface area contributed by atoms with Crippen molar-refractivity contribution in [2.45, 2.75) is 19.8 Å². The zero-order valence-electron chi connectivity index (χ0n) is 10.9. The number of anilines is 1. The number of benzene rings is 1. The van der Waals surface area contributed by atoms with Crippen molar-refractivity contribution in [1.29, 1.82) is 0 Å². The normalized spacial score (nSPS) is 12.2. The molecule has 0 spiro atoms. The molecule has 0 aromatic heterocycles. The third kappa shape index (κ3) is 4.23. The summed E-state index contributed by atoms with van der Waals surface area (Å²) >= 11 is 3.60. The van der Waals surface area contributed by atoms with Crippen LogP contribution in [0.3, 0.4) is 0 Å². The molecule has 0 radical (unpaired) electrons. The molecular weight excluding hydrogens is 278 g/mol. The summed E-state index contributed by atoms with van der Waals surface area (Å²) in [5.74, 6) is 1.63. The van der Waals surface area contributed by atoms with E-state index in [1.165, 1.54) is 12.8 Å². The summed E-state index contributed by atoms with van der Waals surface area (Å²) in [6.45, 7) is 3.29. The molecule has 0 saturated heterocycles. The number of methoxy groups -OCH3 is 1. The lowest BCUT2D eigenvalue weighted by Gasteiger charge is -2.25. The number of ether oxygens (including phenoxy) is 1. The Labute approximate surface area is 113 Å². The van der Waals surface area contributed by atoms with Gasteiger partial charge in [-0.1, -0.05) is 41.4 Å². The molecule has 96 valence electrons. The van der Waals surface area contributed by atoms with E-state index in [4.69, 9.17) is 4.74 Å². The molecule has 1 aromatic rings. The second kappa shape index (κ2) is 7.59. The fourth-order valence-electron chi connectivity index (χ4n) is 2.06. The molecule has 0 bridgehead atoms. The van der Waals surface area contributed by atoms with Crippen molar-refractivity contribution in [3.63, 3.8) is 0 Å². The Morgan fingerprint density at radius 2 is 2.06 bits per heavy atom. The Morgan fingerprint density at radius 3 is 2.65 bits per heavy atom. The predicted molar refractivity (Wildman–Crippen MR) is 78.5 cm³/mol. The van der Waals surface area contributed by atoms with Crippen molar-refractivity contribution in [1.82, 2.24) is 0 Å². The zero-order valence-corrected chi connectivity index (χ0v) is 12.5. The Hall–Kier alpha value is -0.700. The molecule has 0 N–H and O–H groups in total. The molecule has 0 saturated carbocycles. The van der Waals surface area contributed by atoms with Gasteiger partial charge in [0.05, 0.1) is 12.8 Å². The lowest BCUT2D eigenvalue weighted by molar-refractivity contribution is 0.413. The average Bonchev–Trinajstić information content (AvgIpc) is 2.38. The zero-order chi connectivity index (χ0) is 12.7. The van der Waals surface area contributed by atoms with Crippen LogP contribution < -0.4 is 9.64 Å². The van der Waals surface area contributed by atoms with Crippen LogP contribution in [0.5, 0.6) is 5.75 Å². The molecule has 0 aliphatic rings. The van der Waals surface area contributed by atoms with Crippen molar-refractivity contribution in [3.05, 3.63) is 24.3 Å². The maximum absolute atomic E-state index is 5.39. The van der Waals surface area contributed by atoms with Crippen LogP contribution >= 0.6 is 15.9 Å². The first-order chi connectivity index (χ1) is 8.22. The molecule has 0 heterocycles. The largest absolute Gasteiger partial charge is 0.495 e. The summed E-state index contributed by atoms with van der Waals surface area (Å²) < 4.78 is 5.39. The average molecular weight is 300 g/mol. The van der Waals surface area contributed by atoms with Gasteiger partial charge in [0.15, 0.2) is 0 Å². The SMILES string of the molecule is CCCC(CBr)CN(C)c1ccccc1OC. The van der Waals surface area contributed by atoms with E-state index in [1.54, 1.807) is 7.11 Å². The Kier molecular flexibility index (Phi) is 6.41. The van der Waals surface area contributed by atoms with E-state index in [2.05, 4.69) is 46.9 Å². The molecule has 1 rings (SSSR count). The minimum atomic E-state index is 0.690. The number of halogens is 1. The fourth-order valence-corrected chi connectivity index (χ4v) is 2.58. The highest BCUT2D eigenvalue weighted by atomic mass is 79.9. The standard InChI is InChI=1S/C14H22BrNO/c1-4-7-12(10-15)11-16(2)13-8-5-6-9-14(13)17-3/h5-6,8-9,12H,4,7,10-11H2,1-3H3.